The standard InChI is InChI=1S/C12H24N2O2S/c1-6-12(4,10(13)17)11(15)14-9(7-16-5)8(2)3/h8-9H,6-7H2,1-5H3,(H2,13,17)(H,14,15). The van der Waals surface area contributed by atoms with Gasteiger partial charge in [-0.2, -0.15) is 0 Å². The first-order chi connectivity index (χ1) is 7.79. The van der Waals surface area contributed by atoms with E-state index >= 15 is 0 Å². The molecule has 17 heavy (non-hydrogen) atoms. The Bertz CT molecular complexity index is 282. The summed E-state index contributed by atoms with van der Waals surface area (Å²) in [6.45, 7) is 8.23. The predicted molar refractivity (Wildman–Crippen MR) is 73.8 cm³/mol. The van der Waals surface area contributed by atoms with Gasteiger partial charge in [-0.05, 0) is 19.3 Å². The molecule has 0 rings (SSSR count). The van der Waals surface area contributed by atoms with Crippen LogP contribution in [0.25, 0.3) is 0 Å². The summed E-state index contributed by atoms with van der Waals surface area (Å²) in [6, 6.07) is -0.0206. The van der Waals surface area contributed by atoms with E-state index in [4.69, 9.17) is 22.7 Å². The molecular formula is C12H24N2O2S. The number of carbonyl (C=O) groups is 1. The van der Waals surface area contributed by atoms with E-state index in [9.17, 15) is 4.79 Å². The van der Waals surface area contributed by atoms with Crippen molar-refractivity contribution in [2.45, 2.75) is 40.2 Å². The second-order valence-electron chi connectivity index (χ2n) is 4.83. The Labute approximate surface area is 109 Å². The van der Waals surface area contributed by atoms with Crippen LogP contribution in [-0.2, 0) is 9.53 Å². The van der Waals surface area contributed by atoms with Gasteiger partial charge in [-0.3, -0.25) is 4.79 Å². The molecule has 0 heterocycles. The van der Waals surface area contributed by atoms with Crippen LogP contribution in [0.5, 0.6) is 0 Å². The third kappa shape index (κ3) is 4.24. The molecule has 0 aromatic rings. The molecule has 5 heteroatoms. The number of amides is 1. The number of rotatable bonds is 7. The highest BCUT2D eigenvalue weighted by atomic mass is 32.1. The topological polar surface area (TPSA) is 64.3 Å². The Morgan fingerprint density at radius 2 is 2.06 bits per heavy atom. The van der Waals surface area contributed by atoms with Crippen LogP contribution in [0.3, 0.4) is 0 Å². The van der Waals surface area contributed by atoms with Crippen LogP contribution < -0.4 is 11.1 Å². The summed E-state index contributed by atoms with van der Waals surface area (Å²) in [5, 5.41) is 2.96. The molecule has 0 fully saturated rings. The number of carbonyl (C=O) groups excluding carboxylic acids is 1. The van der Waals surface area contributed by atoms with Gasteiger partial charge in [0.2, 0.25) is 5.91 Å². The van der Waals surface area contributed by atoms with Gasteiger partial charge in [0.25, 0.3) is 0 Å². The van der Waals surface area contributed by atoms with Crippen molar-refractivity contribution in [3.05, 3.63) is 0 Å². The summed E-state index contributed by atoms with van der Waals surface area (Å²) in [6.07, 6.45) is 0.589. The Morgan fingerprint density at radius 1 is 1.53 bits per heavy atom. The molecule has 0 aromatic carbocycles. The summed E-state index contributed by atoms with van der Waals surface area (Å²) >= 11 is 4.97. The molecule has 0 spiro atoms. The van der Waals surface area contributed by atoms with Crippen molar-refractivity contribution in [3.8, 4) is 0 Å². The van der Waals surface area contributed by atoms with E-state index < -0.39 is 5.41 Å². The van der Waals surface area contributed by atoms with E-state index in [2.05, 4.69) is 5.32 Å². The second kappa shape index (κ2) is 6.91. The molecule has 0 saturated heterocycles. The van der Waals surface area contributed by atoms with E-state index in [0.29, 0.717) is 18.9 Å². The van der Waals surface area contributed by atoms with Gasteiger partial charge in [-0.1, -0.05) is 33.0 Å². The van der Waals surface area contributed by atoms with E-state index in [-0.39, 0.29) is 16.9 Å². The fourth-order valence-electron chi connectivity index (χ4n) is 1.35. The summed E-state index contributed by atoms with van der Waals surface area (Å²) in [4.78, 5) is 12.4. The Balaban J connectivity index is 4.75. The molecule has 0 aliphatic heterocycles. The first-order valence-electron chi connectivity index (χ1n) is 5.89. The van der Waals surface area contributed by atoms with Gasteiger partial charge < -0.3 is 15.8 Å². The van der Waals surface area contributed by atoms with Crippen LogP contribution >= 0.6 is 12.2 Å². The second-order valence-corrected chi connectivity index (χ2v) is 5.27. The molecule has 1 amide bonds. The molecule has 4 nitrogen and oxygen atoms in total. The molecule has 0 aliphatic carbocycles. The van der Waals surface area contributed by atoms with Crippen LogP contribution in [0.4, 0.5) is 0 Å². The molecule has 3 N–H and O–H groups in total. The highest BCUT2D eigenvalue weighted by Gasteiger charge is 2.35. The third-order valence-corrected chi connectivity index (χ3v) is 3.67. The maximum atomic E-state index is 12.2. The smallest absolute Gasteiger partial charge is 0.233 e. The fraction of sp³-hybridized carbons (Fsp3) is 0.833. The lowest BCUT2D eigenvalue weighted by atomic mass is 9.86. The van der Waals surface area contributed by atoms with Gasteiger partial charge in [0.05, 0.1) is 23.1 Å². The highest BCUT2D eigenvalue weighted by molar-refractivity contribution is 7.80. The van der Waals surface area contributed by atoms with Crippen molar-refractivity contribution in [1.82, 2.24) is 5.32 Å². The van der Waals surface area contributed by atoms with Crippen LogP contribution in [0, 0.1) is 11.3 Å². The van der Waals surface area contributed by atoms with Crippen molar-refractivity contribution >= 4 is 23.1 Å². The van der Waals surface area contributed by atoms with Crippen molar-refractivity contribution in [3.63, 3.8) is 0 Å². The average Bonchev–Trinajstić information content (AvgIpc) is 2.26. The zero-order valence-corrected chi connectivity index (χ0v) is 12.2. The van der Waals surface area contributed by atoms with Crippen LogP contribution in [0.15, 0.2) is 0 Å². The normalized spacial score (nSPS) is 16.4. The molecule has 2 unspecified atom stereocenters. The Hall–Kier alpha value is -0.680. The number of methoxy groups -OCH3 is 1. The number of thiocarbonyl (C=S) groups is 1. The predicted octanol–water partition coefficient (Wildman–Crippen LogP) is 1.48. The van der Waals surface area contributed by atoms with Gasteiger partial charge in [0.15, 0.2) is 0 Å². The zero-order chi connectivity index (χ0) is 13.6. The van der Waals surface area contributed by atoms with Gasteiger partial charge in [0, 0.05) is 7.11 Å². The summed E-state index contributed by atoms with van der Waals surface area (Å²) in [7, 11) is 1.62. The highest BCUT2D eigenvalue weighted by Crippen LogP contribution is 2.22. The number of nitrogens with one attached hydrogen (secondary N) is 1. The molecular weight excluding hydrogens is 236 g/mol. The molecule has 0 aromatic heterocycles. The minimum absolute atomic E-state index is 0.0206. The fourth-order valence-corrected chi connectivity index (χ4v) is 1.59. The van der Waals surface area contributed by atoms with Crippen LogP contribution in [0.2, 0.25) is 0 Å². The lowest BCUT2D eigenvalue weighted by Crippen LogP contribution is -2.52. The average molecular weight is 260 g/mol. The van der Waals surface area contributed by atoms with Crippen LogP contribution in [0.1, 0.15) is 34.1 Å². The number of ether oxygens (including phenoxy) is 1. The maximum Gasteiger partial charge on any atom is 0.233 e. The van der Waals surface area contributed by atoms with Crippen molar-refractivity contribution in [2.24, 2.45) is 17.1 Å². The Morgan fingerprint density at radius 3 is 2.35 bits per heavy atom. The zero-order valence-electron chi connectivity index (χ0n) is 11.4. The van der Waals surface area contributed by atoms with E-state index in [1.807, 2.05) is 20.8 Å². The quantitative estimate of drug-likeness (QED) is 0.681. The van der Waals surface area contributed by atoms with Crippen molar-refractivity contribution < 1.29 is 9.53 Å². The van der Waals surface area contributed by atoms with Crippen molar-refractivity contribution in [1.29, 1.82) is 0 Å². The SMILES string of the molecule is CCC(C)(C(=O)NC(COC)C(C)C)C(N)=S. The molecule has 100 valence electrons. The largest absolute Gasteiger partial charge is 0.392 e. The van der Waals surface area contributed by atoms with E-state index in [1.54, 1.807) is 14.0 Å². The first kappa shape index (κ1) is 16.3. The summed E-state index contributed by atoms with van der Waals surface area (Å²) in [5.74, 6) is 0.176. The van der Waals surface area contributed by atoms with Crippen LogP contribution in [-0.4, -0.2) is 30.7 Å². The minimum Gasteiger partial charge on any atom is -0.392 e. The number of hydrogen-bond donors (Lipinski definition) is 2. The lowest BCUT2D eigenvalue weighted by Gasteiger charge is -2.30. The van der Waals surface area contributed by atoms with Crippen molar-refractivity contribution in [2.75, 3.05) is 13.7 Å². The maximum absolute atomic E-state index is 12.2. The molecule has 2 atom stereocenters. The number of nitrogens with two attached hydrogens (primary N) is 1. The molecule has 0 aliphatic rings. The summed E-state index contributed by atoms with van der Waals surface area (Å²) < 4.78 is 5.09. The molecule has 0 saturated carbocycles. The van der Waals surface area contributed by atoms with E-state index in [0.717, 1.165) is 0 Å². The molecule has 0 radical (unpaired) electrons. The first-order valence-corrected chi connectivity index (χ1v) is 6.30. The lowest BCUT2D eigenvalue weighted by molar-refractivity contribution is -0.128. The monoisotopic (exact) mass is 260 g/mol. The summed E-state index contributed by atoms with van der Waals surface area (Å²) in [5.41, 5.74) is 4.87. The van der Waals surface area contributed by atoms with E-state index in [1.165, 1.54) is 0 Å². The minimum atomic E-state index is -0.782. The van der Waals surface area contributed by atoms with Gasteiger partial charge >= 0.3 is 0 Å². The number of hydrogen-bond acceptors (Lipinski definition) is 3. The van der Waals surface area contributed by atoms with Gasteiger partial charge in [-0.15, -0.1) is 0 Å². The Kier molecular flexibility index (Phi) is 6.64. The van der Waals surface area contributed by atoms with Gasteiger partial charge in [0.1, 0.15) is 0 Å². The molecule has 0 bridgehead atoms. The third-order valence-electron chi connectivity index (χ3n) is 3.22. The van der Waals surface area contributed by atoms with Gasteiger partial charge in [-0.25, -0.2) is 0 Å².